The maximum Gasteiger partial charge on any atom is 0.416 e. The first kappa shape index (κ1) is 21.3. The summed E-state index contributed by atoms with van der Waals surface area (Å²) in [6, 6.07) is 13.3. The van der Waals surface area contributed by atoms with Gasteiger partial charge in [0.25, 0.3) is 0 Å². The first-order chi connectivity index (χ1) is 15.5. The van der Waals surface area contributed by atoms with Crippen LogP contribution < -0.4 is 4.90 Å². The van der Waals surface area contributed by atoms with Gasteiger partial charge in [-0.25, -0.2) is 9.67 Å². The molecule has 0 spiro atoms. The Labute approximate surface area is 189 Å². The number of alkyl halides is 3. The van der Waals surface area contributed by atoms with Crippen molar-refractivity contribution >= 4 is 5.69 Å². The summed E-state index contributed by atoms with van der Waals surface area (Å²) in [7, 11) is 4.00. The van der Waals surface area contributed by atoms with Crippen molar-refractivity contribution in [1.82, 2.24) is 19.7 Å². The first-order valence-electron chi connectivity index (χ1n) is 10.7. The van der Waals surface area contributed by atoms with Crippen LogP contribution >= 0.6 is 0 Å². The van der Waals surface area contributed by atoms with Gasteiger partial charge in [0.1, 0.15) is 5.82 Å². The van der Waals surface area contributed by atoms with E-state index in [-0.39, 0.29) is 5.41 Å². The van der Waals surface area contributed by atoms with E-state index in [9.17, 15) is 13.2 Å². The van der Waals surface area contributed by atoms with Gasteiger partial charge in [-0.05, 0) is 48.5 Å². The van der Waals surface area contributed by atoms with Crippen LogP contribution in [0, 0.1) is 0 Å². The molecule has 2 heterocycles. The van der Waals surface area contributed by atoms with E-state index < -0.39 is 11.7 Å². The number of halogens is 3. The molecule has 1 aliphatic carbocycles. The molecule has 2 aromatic heterocycles. The van der Waals surface area contributed by atoms with Crippen molar-refractivity contribution in [1.29, 1.82) is 0 Å². The third kappa shape index (κ3) is 3.59. The third-order valence-electron chi connectivity index (χ3n) is 6.21. The minimum atomic E-state index is -4.37. The highest BCUT2D eigenvalue weighted by atomic mass is 19.4. The molecule has 0 unspecified atom stereocenters. The van der Waals surface area contributed by atoms with E-state index >= 15 is 0 Å². The summed E-state index contributed by atoms with van der Waals surface area (Å²) < 4.78 is 40.6. The van der Waals surface area contributed by atoms with Crippen LogP contribution in [-0.2, 0) is 18.0 Å². The highest BCUT2D eigenvalue weighted by Gasteiger charge is 2.37. The fourth-order valence-corrected chi connectivity index (χ4v) is 4.37. The molecular weight excluding hydrogens is 427 g/mol. The maximum absolute atomic E-state index is 13.0. The van der Waals surface area contributed by atoms with E-state index in [0.29, 0.717) is 12.1 Å². The summed E-state index contributed by atoms with van der Waals surface area (Å²) in [6.07, 6.45) is -1.94. The Balaban J connectivity index is 1.56. The summed E-state index contributed by atoms with van der Waals surface area (Å²) >= 11 is 0. The minimum absolute atomic E-state index is 0.249. The van der Waals surface area contributed by atoms with E-state index in [1.807, 2.05) is 31.1 Å². The predicted octanol–water partition coefficient (Wildman–Crippen LogP) is 5.85. The van der Waals surface area contributed by atoms with Crippen LogP contribution in [0.1, 0.15) is 30.8 Å². The molecule has 0 atom stereocenters. The highest BCUT2D eigenvalue weighted by Crippen LogP contribution is 2.43. The van der Waals surface area contributed by atoms with Gasteiger partial charge in [-0.3, -0.25) is 0 Å². The summed E-state index contributed by atoms with van der Waals surface area (Å²) in [6.45, 7) is 4.27. The largest absolute Gasteiger partial charge is 0.416 e. The Morgan fingerprint density at radius 1 is 1.00 bits per heavy atom. The van der Waals surface area contributed by atoms with Crippen LogP contribution in [0.4, 0.5) is 18.9 Å². The molecule has 0 saturated heterocycles. The molecule has 1 aliphatic rings. The van der Waals surface area contributed by atoms with Gasteiger partial charge in [-0.2, -0.15) is 18.3 Å². The van der Waals surface area contributed by atoms with Crippen molar-refractivity contribution < 1.29 is 13.2 Å². The summed E-state index contributed by atoms with van der Waals surface area (Å²) in [5.41, 5.74) is 5.48. The lowest BCUT2D eigenvalue weighted by atomic mass is 9.77. The predicted molar refractivity (Wildman–Crippen MR) is 123 cm³/mol. The molecular formula is C25H24F3N5. The number of hydrogen-bond donors (Lipinski definition) is 1. The topological polar surface area (TPSA) is 49.7 Å². The van der Waals surface area contributed by atoms with E-state index in [4.69, 9.17) is 4.98 Å². The number of imidazole rings is 1. The molecule has 0 bridgehead atoms. The second-order valence-electron chi connectivity index (χ2n) is 9.27. The quantitative estimate of drug-likeness (QED) is 0.425. The van der Waals surface area contributed by atoms with Crippen LogP contribution in [-0.4, -0.2) is 33.8 Å². The summed E-state index contributed by atoms with van der Waals surface area (Å²) in [4.78, 5) is 10.5. The van der Waals surface area contributed by atoms with E-state index in [1.54, 1.807) is 10.9 Å². The second kappa shape index (κ2) is 7.23. The molecule has 1 N–H and O–H groups in total. The standard InChI is InChI=1S/C25H24F3N5/c1-24(2)13-20-19(14-29-33(20)18-11-7-16(8-12-18)25(26,27)28)21-22(24)31-23(30-21)15-5-9-17(10-6-15)32(3)4/h5-12,14H,13H2,1-4H3,(H,30,31). The van der Waals surface area contributed by atoms with Gasteiger partial charge in [0.05, 0.1) is 28.8 Å². The average Bonchev–Trinajstić information content (AvgIpc) is 3.38. The van der Waals surface area contributed by atoms with Gasteiger partial charge in [0.15, 0.2) is 0 Å². The Bertz CT molecular complexity index is 1310. The van der Waals surface area contributed by atoms with Crippen LogP contribution in [0.15, 0.2) is 54.7 Å². The van der Waals surface area contributed by atoms with Crippen molar-refractivity contribution in [2.45, 2.75) is 31.9 Å². The molecule has 0 amide bonds. The molecule has 8 heteroatoms. The number of nitrogens with one attached hydrogen (secondary N) is 1. The van der Waals surface area contributed by atoms with Gasteiger partial charge in [0.2, 0.25) is 0 Å². The number of H-pyrrole nitrogens is 1. The lowest BCUT2D eigenvalue weighted by Gasteiger charge is -2.29. The summed E-state index contributed by atoms with van der Waals surface area (Å²) in [5, 5.41) is 4.51. The zero-order chi connectivity index (χ0) is 23.5. The molecule has 0 radical (unpaired) electrons. The zero-order valence-electron chi connectivity index (χ0n) is 18.8. The lowest BCUT2D eigenvalue weighted by Crippen LogP contribution is -2.27. The van der Waals surface area contributed by atoms with Crippen LogP contribution in [0.25, 0.3) is 28.3 Å². The molecule has 4 aromatic rings. The van der Waals surface area contributed by atoms with Gasteiger partial charge < -0.3 is 9.88 Å². The molecule has 5 nitrogen and oxygen atoms in total. The van der Waals surface area contributed by atoms with E-state index in [2.05, 4.69) is 36.1 Å². The Morgan fingerprint density at radius 2 is 1.67 bits per heavy atom. The maximum atomic E-state index is 13.0. The Morgan fingerprint density at radius 3 is 2.27 bits per heavy atom. The monoisotopic (exact) mass is 451 g/mol. The van der Waals surface area contributed by atoms with Crippen molar-refractivity contribution in [2.24, 2.45) is 0 Å². The number of rotatable bonds is 3. The normalized spacial score (nSPS) is 14.6. The number of aromatic nitrogens is 4. The molecule has 2 aromatic carbocycles. The number of benzene rings is 2. The Kier molecular flexibility index (Phi) is 4.67. The van der Waals surface area contributed by atoms with E-state index in [1.165, 1.54) is 12.1 Å². The zero-order valence-corrected chi connectivity index (χ0v) is 18.8. The molecule has 0 aliphatic heterocycles. The number of nitrogens with zero attached hydrogens (tertiary/aromatic N) is 4. The first-order valence-corrected chi connectivity index (χ1v) is 10.7. The average molecular weight is 451 g/mol. The number of fused-ring (bicyclic) bond motifs is 3. The number of hydrogen-bond acceptors (Lipinski definition) is 3. The van der Waals surface area contributed by atoms with Crippen LogP contribution in [0.5, 0.6) is 0 Å². The van der Waals surface area contributed by atoms with E-state index in [0.717, 1.165) is 51.9 Å². The van der Waals surface area contributed by atoms with Gasteiger partial charge >= 0.3 is 6.18 Å². The SMILES string of the molecule is CN(C)c1ccc(-c2nc3c([nH]2)C(C)(C)Cc2c-3cnn2-c2ccc(C(F)(F)F)cc2)cc1. The third-order valence-corrected chi connectivity index (χ3v) is 6.21. The minimum Gasteiger partial charge on any atom is -0.378 e. The van der Waals surface area contributed by atoms with Crippen LogP contribution in [0.2, 0.25) is 0 Å². The fraction of sp³-hybridized carbons (Fsp3) is 0.280. The Hall–Kier alpha value is -3.55. The second-order valence-corrected chi connectivity index (χ2v) is 9.27. The smallest absolute Gasteiger partial charge is 0.378 e. The number of aromatic amines is 1. The molecule has 170 valence electrons. The van der Waals surface area contributed by atoms with Crippen molar-refractivity contribution in [3.63, 3.8) is 0 Å². The van der Waals surface area contributed by atoms with Crippen LogP contribution in [0.3, 0.4) is 0 Å². The molecule has 0 saturated carbocycles. The summed E-state index contributed by atoms with van der Waals surface area (Å²) in [5.74, 6) is 0.786. The van der Waals surface area contributed by atoms with Crippen molar-refractivity contribution in [2.75, 3.05) is 19.0 Å². The van der Waals surface area contributed by atoms with Crippen molar-refractivity contribution in [3.05, 3.63) is 71.7 Å². The van der Waals surface area contributed by atoms with Gasteiger partial charge in [-0.1, -0.05) is 13.8 Å². The van der Waals surface area contributed by atoms with Gasteiger partial charge in [0, 0.05) is 48.4 Å². The molecule has 33 heavy (non-hydrogen) atoms. The van der Waals surface area contributed by atoms with Crippen molar-refractivity contribution in [3.8, 4) is 28.3 Å². The van der Waals surface area contributed by atoms with Gasteiger partial charge in [-0.15, -0.1) is 0 Å². The molecule has 0 fully saturated rings. The highest BCUT2D eigenvalue weighted by molar-refractivity contribution is 5.73. The lowest BCUT2D eigenvalue weighted by molar-refractivity contribution is -0.137. The molecule has 5 rings (SSSR count). The number of anilines is 1. The fourth-order valence-electron chi connectivity index (χ4n) is 4.37.